The molecule has 0 saturated carbocycles. The van der Waals surface area contributed by atoms with E-state index in [4.69, 9.17) is 0 Å². The Morgan fingerprint density at radius 3 is 2.61 bits per heavy atom. The molecule has 1 fully saturated rings. The summed E-state index contributed by atoms with van der Waals surface area (Å²) in [4.78, 5) is 24.3. The average Bonchev–Trinajstić information content (AvgIpc) is 2.78. The first-order valence-electron chi connectivity index (χ1n) is 6.30. The van der Waals surface area contributed by atoms with E-state index in [2.05, 4.69) is 10.6 Å². The number of rotatable bonds is 6. The maximum atomic E-state index is 11.5. The monoisotopic (exact) mass is 277 g/mol. The molecule has 0 aromatic heterocycles. The number of hydrogen-bond donors (Lipinski definition) is 2. The van der Waals surface area contributed by atoms with Crippen LogP contribution >= 0.6 is 12.4 Å². The third kappa shape index (κ3) is 6.81. The fourth-order valence-corrected chi connectivity index (χ4v) is 1.93. The van der Waals surface area contributed by atoms with E-state index in [9.17, 15) is 9.59 Å². The molecule has 0 spiro atoms. The first kappa shape index (κ1) is 17.2. The van der Waals surface area contributed by atoms with Gasteiger partial charge >= 0.3 is 0 Å². The van der Waals surface area contributed by atoms with Gasteiger partial charge in [-0.2, -0.15) is 0 Å². The van der Waals surface area contributed by atoms with Crippen LogP contribution in [0.3, 0.4) is 0 Å². The van der Waals surface area contributed by atoms with Gasteiger partial charge in [-0.1, -0.05) is 0 Å². The Hall–Kier alpha value is -0.810. The van der Waals surface area contributed by atoms with Crippen LogP contribution in [0, 0.1) is 0 Å². The summed E-state index contributed by atoms with van der Waals surface area (Å²) < 4.78 is 0. The minimum Gasteiger partial charge on any atom is -0.356 e. The molecule has 2 amide bonds. The van der Waals surface area contributed by atoms with Crippen molar-refractivity contribution in [1.82, 2.24) is 15.5 Å². The smallest absolute Gasteiger partial charge is 0.223 e. The van der Waals surface area contributed by atoms with Crippen molar-refractivity contribution in [3.05, 3.63) is 0 Å². The quantitative estimate of drug-likeness (QED) is 0.745. The number of amides is 2. The molecule has 1 saturated heterocycles. The summed E-state index contributed by atoms with van der Waals surface area (Å²) >= 11 is 0. The molecule has 1 aliphatic rings. The van der Waals surface area contributed by atoms with Gasteiger partial charge < -0.3 is 15.5 Å². The van der Waals surface area contributed by atoms with Crippen LogP contribution in [0.25, 0.3) is 0 Å². The highest BCUT2D eigenvalue weighted by molar-refractivity contribution is 5.85. The molecule has 0 aromatic rings. The van der Waals surface area contributed by atoms with Crippen molar-refractivity contribution in [3.63, 3.8) is 0 Å². The molecule has 6 heteroatoms. The van der Waals surface area contributed by atoms with Gasteiger partial charge in [-0.15, -0.1) is 12.4 Å². The van der Waals surface area contributed by atoms with Crippen molar-refractivity contribution >= 4 is 24.2 Å². The van der Waals surface area contributed by atoms with Crippen LogP contribution in [0.5, 0.6) is 0 Å². The topological polar surface area (TPSA) is 61.4 Å². The van der Waals surface area contributed by atoms with Crippen molar-refractivity contribution in [2.45, 2.75) is 38.1 Å². The van der Waals surface area contributed by atoms with Gasteiger partial charge in [0, 0.05) is 39.5 Å². The standard InChI is InChI=1S/C12H23N3O2.ClH/c1-15(2)12(17)7-9-14-11(16)6-5-10-4-3-8-13-10;/h10,13H,3-9H2,1-2H3,(H,14,16);1H. The minimum absolute atomic E-state index is 0. The van der Waals surface area contributed by atoms with E-state index < -0.39 is 0 Å². The summed E-state index contributed by atoms with van der Waals surface area (Å²) in [7, 11) is 3.44. The summed E-state index contributed by atoms with van der Waals surface area (Å²) in [6.07, 6.45) is 4.21. The number of nitrogens with zero attached hydrogens (tertiary/aromatic N) is 1. The van der Waals surface area contributed by atoms with Crippen molar-refractivity contribution in [3.8, 4) is 0 Å². The van der Waals surface area contributed by atoms with Crippen LogP contribution in [0.15, 0.2) is 0 Å². The lowest BCUT2D eigenvalue weighted by Gasteiger charge is -2.11. The van der Waals surface area contributed by atoms with Crippen LogP contribution in [-0.4, -0.2) is 49.9 Å². The van der Waals surface area contributed by atoms with Gasteiger partial charge in [0.15, 0.2) is 0 Å². The molecular formula is C12H24ClN3O2. The first-order chi connectivity index (χ1) is 8.09. The summed E-state index contributed by atoms with van der Waals surface area (Å²) in [6, 6.07) is 0.504. The normalized spacial score (nSPS) is 18.0. The maximum Gasteiger partial charge on any atom is 0.223 e. The van der Waals surface area contributed by atoms with E-state index in [0.717, 1.165) is 13.0 Å². The first-order valence-corrected chi connectivity index (χ1v) is 6.30. The molecule has 0 aromatic carbocycles. The van der Waals surface area contributed by atoms with E-state index in [1.54, 1.807) is 14.1 Å². The Morgan fingerprint density at radius 2 is 2.06 bits per heavy atom. The van der Waals surface area contributed by atoms with Crippen LogP contribution in [0.4, 0.5) is 0 Å². The van der Waals surface area contributed by atoms with Crippen molar-refractivity contribution in [1.29, 1.82) is 0 Å². The van der Waals surface area contributed by atoms with E-state index in [1.165, 1.54) is 17.7 Å². The number of hydrogen-bond acceptors (Lipinski definition) is 3. The largest absolute Gasteiger partial charge is 0.356 e. The lowest BCUT2D eigenvalue weighted by atomic mass is 10.1. The van der Waals surface area contributed by atoms with Gasteiger partial charge in [0.05, 0.1) is 0 Å². The Morgan fingerprint density at radius 1 is 1.33 bits per heavy atom. The van der Waals surface area contributed by atoms with Gasteiger partial charge in [-0.05, 0) is 25.8 Å². The SMILES string of the molecule is CN(C)C(=O)CCNC(=O)CCC1CCCN1.Cl. The molecule has 0 radical (unpaired) electrons. The second kappa shape index (κ2) is 9.16. The average molecular weight is 278 g/mol. The Kier molecular flexibility index (Phi) is 8.75. The molecule has 1 heterocycles. The molecule has 0 aliphatic carbocycles. The van der Waals surface area contributed by atoms with Gasteiger partial charge in [0.25, 0.3) is 0 Å². The Bertz CT molecular complexity index is 266. The fourth-order valence-electron chi connectivity index (χ4n) is 1.93. The third-order valence-electron chi connectivity index (χ3n) is 3.04. The molecule has 1 aliphatic heterocycles. The third-order valence-corrected chi connectivity index (χ3v) is 3.04. The van der Waals surface area contributed by atoms with Crippen LogP contribution in [0.1, 0.15) is 32.1 Å². The summed E-state index contributed by atoms with van der Waals surface area (Å²) in [6.45, 7) is 1.51. The summed E-state index contributed by atoms with van der Waals surface area (Å²) in [5.74, 6) is 0.0908. The van der Waals surface area contributed by atoms with E-state index in [0.29, 0.717) is 25.4 Å². The molecule has 5 nitrogen and oxygen atoms in total. The van der Waals surface area contributed by atoms with Gasteiger partial charge in [0.1, 0.15) is 0 Å². The molecule has 106 valence electrons. The zero-order valence-corrected chi connectivity index (χ0v) is 12.0. The molecule has 1 atom stereocenters. The van der Waals surface area contributed by atoms with Crippen molar-refractivity contribution < 1.29 is 9.59 Å². The predicted octanol–water partition coefficient (Wildman–Crippen LogP) is 0.535. The molecule has 18 heavy (non-hydrogen) atoms. The van der Waals surface area contributed by atoms with Crippen molar-refractivity contribution in [2.24, 2.45) is 0 Å². The lowest BCUT2D eigenvalue weighted by molar-refractivity contribution is -0.128. The summed E-state index contributed by atoms with van der Waals surface area (Å²) in [5, 5.41) is 6.14. The van der Waals surface area contributed by atoms with E-state index in [1.807, 2.05) is 0 Å². The predicted molar refractivity (Wildman–Crippen MR) is 73.8 cm³/mol. The highest BCUT2D eigenvalue weighted by atomic mass is 35.5. The van der Waals surface area contributed by atoms with Crippen LogP contribution in [-0.2, 0) is 9.59 Å². The molecule has 2 N–H and O–H groups in total. The number of carbonyl (C=O) groups excluding carboxylic acids is 2. The molecule has 0 bridgehead atoms. The second-order valence-electron chi connectivity index (χ2n) is 4.72. The van der Waals surface area contributed by atoms with Gasteiger partial charge in [-0.25, -0.2) is 0 Å². The highest BCUT2D eigenvalue weighted by Crippen LogP contribution is 2.10. The zero-order valence-electron chi connectivity index (χ0n) is 11.2. The molecule has 1 unspecified atom stereocenters. The minimum atomic E-state index is 0. The number of halogens is 1. The van der Waals surface area contributed by atoms with Crippen molar-refractivity contribution in [2.75, 3.05) is 27.2 Å². The number of carbonyl (C=O) groups is 2. The summed E-state index contributed by atoms with van der Waals surface area (Å²) in [5.41, 5.74) is 0. The van der Waals surface area contributed by atoms with E-state index >= 15 is 0 Å². The lowest BCUT2D eigenvalue weighted by Crippen LogP contribution is -2.31. The fraction of sp³-hybridized carbons (Fsp3) is 0.833. The van der Waals surface area contributed by atoms with E-state index in [-0.39, 0.29) is 24.2 Å². The second-order valence-corrected chi connectivity index (χ2v) is 4.72. The zero-order chi connectivity index (χ0) is 12.7. The highest BCUT2D eigenvalue weighted by Gasteiger charge is 2.15. The van der Waals surface area contributed by atoms with Gasteiger partial charge in [0.2, 0.25) is 11.8 Å². The Labute approximate surface area is 115 Å². The molecular weight excluding hydrogens is 254 g/mol. The molecule has 1 rings (SSSR count). The van der Waals surface area contributed by atoms with Crippen LogP contribution < -0.4 is 10.6 Å². The van der Waals surface area contributed by atoms with Gasteiger partial charge in [-0.3, -0.25) is 9.59 Å². The van der Waals surface area contributed by atoms with Crippen LogP contribution in [0.2, 0.25) is 0 Å². The Balaban J connectivity index is 0.00000289. The maximum absolute atomic E-state index is 11.5. The number of nitrogens with one attached hydrogen (secondary N) is 2.